The van der Waals surface area contributed by atoms with Crippen molar-refractivity contribution in [1.29, 1.82) is 0 Å². The highest BCUT2D eigenvalue weighted by molar-refractivity contribution is 6.09. The van der Waals surface area contributed by atoms with Crippen LogP contribution in [0.2, 0.25) is 0 Å². The van der Waals surface area contributed by atoms with E-state index in [9.17, 15) is 9.59 Å². The zero-order valence-corrected chi connectivity index (χ0v) is 9.43. The lowest BCUT2D eigenvalue weighted by molar-refractivity contribution is -0.140. The number of cyclic esters (lactones) is 1. The molecule has 1 aromatic carbocycles. The van der Waals surface area contributed by atoms with Crippen LogP contribution in [0.1, 0.15) is 18.9 Å². The Morgan fingerprint density at radius 3 is 2.53 bits per heavy atom. The van der Waals surface area contributed by atoms with Crippen LogP contribution < -0.4 is 4.74 Å². The molecule has 1 heterocycles. The first kappa shape index (κ1) is 11.4. The lowest BCUT2D eigenvalue weighted by Gasteiger charge is -2.13. The number of ether oxygens (including phenoxy) is 2. The largest absolute Gasteiger partial charge is 0.494 e. The molecule has 1 aliphatic rings. The Balaban J connectivity index is 2.22. The summed E-state index contributed by atoms with van der Waals surface area (Å²) in [4.78, 5) is 22.3. The summed E-state index contributed by atoms with van der Waals surface area (Å²) in [7, 11) is 0. The Morgan fingerprint density at radius 1 is 1.24 bits per heavy atom. The number of esters is 1. The van der Waals surface area contributed by atoms with Crippen molar-refractivity contribution >= 4 is 17.5 Å². The standard InChI is InChI=1S/C13H12O4/c1-2-16-11-5-3-9(4-6-11)12-7-10(14)8-13(15)17-12/h3-7H,2,8H2,1H3. The van der Waals surface area contributed by atoms with Gasteiger partial charge in [0.05, 0.1) is 6.61 Å². The summed E-state index contributed by atoms with van der Waals surface area (Å²) in [6.45, 7) is 2.49. The van der Waals surface area contributed by atoms with Gasteiger partial charge in [0.1, 0.15) is 17.9 Å². The zero-order valence-electron chi connectivity index (χ0n) is 9.43. The van der Waals surface area contributed by atoms with Crippen molar-refractivity contribution in [2.45, 2.75) is 13.3 Å². The van der Waals surface area contributed by atoms with Crippen LogP contribution in [0.4, 0.5) is 0 Å². The molecule has 0 atom stereocenters. The lowest BCUT2D eigenvalue weighted by atomic mass is 10.1. The molecule has 88 valence electrons. The molecule has 4 nitrogen and oxygen atoms in total. The zero-order chi connectivity index (χ0) is 12.3. The maximum atomic E-state index is 11.2. The third-order valence-electron chi connectivity index (χ3n) is 2.28. The molecule has 2 rings (SSSR count). The van der Waals surface area contributed by atoms with Crippen molar-refractivity contribution in [3.63, 3.8) is 0 Å². The summed E-state index contributed by atoms with van der Waals surface area (Å²) in [5, 5.41) is 0. The predicted octanol–water partition coefficient (Wildman–Crippen LogP) is 1.94. The summed E-state index contributed by atoms with van der Waals surface area (Å²) in [6.07, 6.45) is 1.16. The molecule has 0 saturated carbocycles. The number of allylic oxidation sites excluding steroid dienone is 1. The molecule has 0 saturated heterocycles. The third-order valence-corrected chi connectivity index (χ3v) is 2.28. The van der Waals surface area contributed by atoms with E-state index in [1.54, 1.807) is 24.3 Å². The number of ketones is 1. The Hall–Kier alpha value is -2.10. The van der Waals surface area contributed by atoms with Crippen LogP contribution in [0.25, 0.3) is 5.76 Å². The van der Waals surface area contributed by atoms with Crippen molar-refractivity contribution in [3.8, 4) is 5.75 Å². The molecule has 0 aliphatic carbocycles. The van der Waals surface area contributed by atoms with Crippen LogP contribution in [-0.2, 0) is 14.3 Å². The van der Waals surface area contributed by atoms with Gasteiger partial charge in [-0.15, -0.1) is 0 Å². The summed E-state index contributed by atoms with van der Waals surface area (Å²) in [5.41, 5.74) is 0.690. The van der Waals surface area contributed by atoms with Crippen LogP contribution >= 0.6 is 0 Å². The smallest absolute Gasteiger partial charge is 0.319 e. The van der Waals surface area contributed by atoms with E-state index in [0.717, 1.165) is 5.75 Å². The molecule has 0 N–H and O–H groups in total. The molecule has 1 aliphatic heterocycles. The first-order chi connectivity index (χ1) is 8.19. The first-order valence-corrected chi connectivity index (χ1v) is 5.37. The number of rotatable bonds is 3. The Bertz CT molecular complexity index is 471. The molecule has 4 heteroatoms. The number of carbonyl (C=O) groups is 2. The fourth-order valence-electron chi connectivity index (χ4n) is 1.55. The van der Waals surface area contributed by atoms with Gasteiger partial charge < -0.3 is 9.47 Å². The van der Waals surface area contributed by atoms with Gasteiger partial charge in [0.25, 0.3) is 0 Å². The highest BCUT2D eigenvalue weighted by atomic mass is 16.5. The van der Waals surface area contributed by atoms with E-state index >= 15 is 0 Å². The number of hydrogen-bond donors (Lipinski definition) is 0. The van der Waals surface area contributed by atoms with Crippen LogP contribution in [0.5, 0.6) is 5.75 Å². The Labute approximate surface area is 98.8 Å². The minimum atomic E-state index is -0.513. The van der Waals surface area contributed by atoms with Crippen molar-refractivity contribution in [3.05, 3.63) is 35.9 Å². The maximum absolute atomic E-state index is 11.2. The van der Waals surface area contributed by atoms with Gasteiger partial charge in [0, 0.05) is 11.6 Å². The third kappa shape index (κ3) is 2.72. The molecular formula is C13H12O4. The van der Waals surface area contributed by atoms with E-state index in [-0.39, 0.29) is 12.2 Å². The van der Waals surface area contributed by atoms with E-state index in [0.29, 0.717) is 17.9 Å². The van der Waals surface area contributed by atoms with Gasteiger partial charge in [0.2, 0.25) is 0 Å². The minimum absolute atomic E-state index is 0.180. The van der Waals surface area contributed by atoms with Gasteiger partial charge in [-0.2, -0.15) is 0 Å². The topological polar surface area (TPSA) is 52.6 Å². The second-order valence-electron chi connectivity index (χ2n) is 3.58. The Kier molecular flexibility index (Phi) is 3.23. The molecule has 0 aromatic heterocycles. The molecule has 0 spiro atoms. The van der Waals surface area contributed by atoms with Crippen LogP contribution in [-0.4, -0.2) is 18.4 Å². The van der Waals surface area contributed by atoms with Crippen molar-refractivity contribution in [1.82, 2.24) is 0 Å². The number of carbonyl (C=O) groups excluding carboxylic acids is 2. The summed E-state index contributed by atoms with van der Waals surface area (Å²) in [6, 6.07) is 7.05. The Morgan fingerprint density at radius 2 is 1.94 bits per heavy atom. The molecule has 1 aromatic rings. The van der Waals surface area contributed by atoms with Gasteiger partial charge in [-0.3, -0.25) is 9.59 Å². The molecule has 0 bridgehead atoms. The van der Waals surface area contributed by atoms with E-state index in [1.807, 2.05) is 6.92 Å². The quantitative estimate of drug-likeness (QED) is 0.590. The van der Waals surface area contributed by atoms with E-state index in [1.165, 1.54) is 6.08 Å². The normalized spacial score (nSPS) is 15.2. The fraction of sp³-hybridized carbons (Fsp3) is 0.231. The van der Waals surface area contributed by atoms with Crippen LogP contribution in [0.15, 0.2) is 30.3 Å². The average molecular weight is 232 g/mol. The highest BCUT2D eigenvalue weighted by Crippen LogP contribution is 2.23. The molecule has 0 fully saturated rings. The van der Waals surface area contributed by atoms with Gasteiger partial charge in [0.15, 0.2) is 5.78 Å². The maximum Gasteiger partial charge on any atom is 0.319 e. The fourth-order valence-corrected chi connectivity index (χ4v) is 1.55. The van der Waals surface area contributed by atoms with Crippen molar-refractivity contribution < 1.29 is 19.1 Å². The van der Waals surface area contributed by atoms with Gasteiger partial charge in [-0.1, -0.05) is 0 Å². The molecule has 0 amide bonds. The second kappa shape index (κ2) is 4.82. The second-order valence-corrected chi connectivity index (χ2v) is 3.58. The van der Waals surface area contributed by atoms with Crippen LogP contribution in [0.3, 0.4) is 0 Å². The summed E-state index contributed by atoms with van der Waals surface area (Å²) < 4.78 is 10.3. The molecular weight excluding hydrogens is 220 g/mol. The summed E-state index contributed by atoms with van der Waals surface area (Å²) in [5.74, 6) is 0.297. The summed E-state index contributed by atoms with van der Waals surface area (Å²) >= 11 is 0. The van der Waals surface area contributed by atoms with Gasteiger partial charge >= 0.3 is 5.97 Å². The van der Waals surface area contributed by atoms with Crippen LogP contribution in [0, 0.1) is 0 Å². The van der Waals surface area contributed by atoms with Gasteiger partial charge in [-0.25, -0.2) is 0 Å². The molecule has 0 radical (unpaired) electrons. The monoisotopic (exact) mass is 232 g/mol. The predicted molar refractivity (Wildman–Crippen MR) is 61.3 cm³/mol. The van der Waals surface area contributed by atoms with Crippen molar-refractivity contribution in [2.24, 2.45) is 0 Å². The van der Waals surface area contributed by atoms with E-state index < -0.39 is 5.97 Å². The molecule has 0 unspecified atom stereocenters. The molecule has 17 heavy (non-hydrogen) atoms. The highest BCUT2D eigenvalue weighted by Gasteiger charge is 2.19. The first-order valence-electron chi connectivity index (χ1n) is 5.37. The van der Waals surface area contributed by atoms with Gasteiger partial charge in [-0.05, 0) is 31.2 Å². The minimum Gasteiger partial charge on any atom is -0.494 e. The van der Waals surface area contributed by atoms with E-state index in [2.05, 4.69) is 0 Å². The SMILES string of the molecule is CCOc1ccc(C2=CC(=O)CC(=O)O2)cc1. The van der Waals surface area contributed by atoms with Crippen molar-refractivity contribution in [2.75, 3.05) is 6.61 Å². The number of benzene rings is 1. The average Bonchev–Trinajstić information content (AvgIpc) is 2.29. The lowest BCUT2D eigenvalue weighted by Crippen LogP contribution is -2.15. The van der Waals surface area contributed by atoms with E-state index in [4.69, 9.17) is 9.47 Å². The number of hydrogen-bond acceptors (Lipinski definition) is 4.